The fourth-order valence-corrected chi connectivity index (χ4v) is 1.16. The molecule has 2 aromatic heterocycles. The third-order valence-corrected chi connectivity index (χ3v) is 1.86. The Kier molecular flexibility index (Phi) is 2.87. The molecule has 0 fully saturated rings. The van der Waals surface area contributed by atoms with Gasteiger partial charge in [-0.1, -0.05) is 5.21 Å². The normalized spacial score (nSPS) is 10.2. The van der Waals surface area contributed by atoms with Crippen molar-refractivity contribution < 1.29 is 4.39 Å². The molecule has 0 bridgehead atoms. The van der Waals surface area contributed by atoms with E-state index in [0.29, 0.717) is 13.1 Å². The first kappa shape index (κ1) is 9.57. The number of halogens is 1. The van der Waals surface area contributed by atoms with Crippen LogP contribution < -0.4 is 5.32 Å². The van der Waals surface area contributed by atoms with E-state index < -0.39 is 0 Å². The number of hydrogen-bond donors (Lipinski definition) is 1. The maximum Gasteiger partial charge on any atom is 0.165 e. The van der Waals surface area contributed by atoms with Crippen LogP contribution in [0.4, 0.5) is 10.2 Å². The summed E-state index contributed by atoms with van der Waals surface area (Å²) in [6, 6.07) is 2.92. The lowest BCUT2D eigenvalue weighted by Gasteiger charge is -2.05. The highest BCUT2D eigenvalue weighted by molar-refractivity contribution is 5.35. The first-order valence-corrected chi connectivity index (χ1v) is 4.55. The van der Waals surface area contributed by atoms with E-state index in [2.05, 4.69) is 20.6 Å². The summed E-state index contributed by atoms with van der Waals surface area (Å²) in [5.41, 5.74) is 0. The SMILES string of the molecule is Fc1cccnc1NCCn1ccnn1. The lowest BCUT2D eigenvalue weighted by atomic mass is 10.4. The molecular weight excluding hydrogens is 197 g/mol. The van der Waals surface area contributed by atoms with Crippen LogP contribution in [-0.4, -0.2) is 26.5 Å². The van der Waals surface area contributed by atoms with Crippen LogP contribution in [0, 0.1) is 5.82 Å². The largest absolute Gasteiger partial charge is 0.366 e. The van der Waals surface area contributed by atoms with Crippen molar-refractivity contribution in [3.8, 4) is 0 Å². The fraction of sp³-hybridized carbons (Fsp3) is 0.222. The van der Waals surface area contributed by atoms with Crippen LogP contribution in [0.3, 0.4) is 0 Å². The maximum absolute atomic E-state index is 13.1. The van der Waals surface area contributed by atoms with E-state index in [4.69, 9.17) is 0 Å². The average molecular weight is 207 g/mol. The summed E-state index contributed by atoms with van der Waals surface area (Å²) in [6.45, 7) is 1.17. The molecule has 78 valence electrons. The van der Waals surface area contributed by atoms with Crippen LogP contribution in [0.15, 0.2) is 30.7 Å². The number of rotatable bonds is 4. The second kappa shape index (κ2) is 4.50. The number of nitrogens with zero attached hydrogens (tertiary/aromatic N) is 4. The molecule has 0 aliphatic heterocycles. The molecule has 1 N–H and O–H groups in total. The molecule has 2 aromatic rings. The van der Waals surface area contributed by atoms with Gasteiger partial charge >= 0.3 is 0 Å². The number of hydrogen-bond acceptors (Lipinski definition) is 4. The molecule has 0 saturated carbocycles. The van der Waals surface area contributed by atoms with Gasteiger partial charge in [-0.2, -0.15) is 0 Å². The van der Waals surface area contributed by atoms with Gasteiger partial charge in [-0.25, -0.2) is 9.37 Å². The molecule has 0 spiro atoms. The van der Waals surface area contributed by atoms with E-state index in [9.17, 15) is 4.39 Å². The van der Waals surface area contributed by atoms with E-state index in [-0.39, 0.29) is 11.6 Å². The van der Waals surface area contributed by atoms with Gasteiger partial charge in [0.2, 0.25) is 0 Å². The Bertz CT molecular complexity index is 414. The van der Waals surface area contributed by atoms with Crippen LogP contribution in [-0.2, 0) is 6.54 Å². The third-order valence-electron chi connectivity index (χ3n) is 1.86. The Morgan fingerprint density at radius 2 is 2.33 bits per heavy atom. The topological polar surface area (TPSA) is 55.6 Å². The van der Waals surface area contributed by atoms with Crippen LogP contribution in [0.2, 0.25) is 0 Å². The van der Waals surface area contributed by atoms with E-state index in [1.165, 1.54) is 6.07 Å². The molecule has 0 aliphatic rings. The van der Waals surface area contributed by atoms with Gasteiger partial charge in [-0.05, 0) is 12.1 Å². The highest BCUT2D eigenvalue weighted by Gasteiger charge is 2.00. The van der Waals surface area contributed by atoms with Gasteiger partial charge in [-0.15, -0.1) is 5.10 Å². The Morgan fingerprint density at radius 1 is 1.40 bits per heavy atom. The van der Waals surface area contributed by atoms with Crippen molar-refractivity contribution in [1.82, 2.24) is 20.0 Å². The molecule has 0 unspecified atom stereocenters. The number of pyridine rings is 1. The van der Waals surface area contributed by atoms with Crippen LogP contribution in [0.1, 0.15) is 0 Å². The zero-order valence-electron chi connectivity index (χ0n) is 7.97. The highest BCUT2D eigenvalue weighted by Crippen LogP contribution is 2.07. The molecule has 6 heteroatoms. The molecule has 0 radical (unpaired) electrons. The van der Waals surface area contributed by atoms with Crippen molar-refractivity contribution >= 4 is 5.82 Å². The van der Waals surface area contributed by atoms with Crippen molar-refractivity contribution in [3.63, 3.8) is 0 Å². The number of aromatic nitrogens is 4. The summed E-state index contributed by atoms with van der Waals surface area (Å²) in [5, 5.41) is 10.3. The standard InChI is InChI=1S/C9H10FN5/c10-8-2-1-3-11-9(8)12-4-6-15-7-5-13-14-15/h1-3,5,7H,4,6H2,(H,11,12). The molecular formula is C9H10FN5. The van der Waals surface area contributed by atoms with Gasteiger partial charge in [0.15, 0.2) is 11.6 Å². The summed E-state index contributed by atoms with van der Waals surface area (Å²) >= 11 is 0. The maximum atomic E-state index is 13.1. The lowest BCUT2D eigenvalue weighted by Crippen LogP contribution is -2.12. The summed E-state index contributed by atoms with van der Waals surface area (Å²) in [7, 11) is 0. The molecule has 0 atom stereocenters. The van der Waals surface area contributed by atoms with Gasteiger partial charge in [-0.3, -0.25) is 4.68 Å². The minimum atomic E-state index is -0.351. The van der Waals surface area contributed by atoms with E-state index in [1.807, 2.05) is 0 Å². The van der Waals surface area contributed by atoms with Crippen molar-refractivity contribution in [2.75, 3.05) is 11.9 Å². The predicted molar refractivity (Wildman–Crippen MR) is 52.7 cm³/mol. The average Bonchev–Trinajstić information content (AvgIpc) is 2.74. The van der Waals surface area contributed by atoms with E-state index in [0.717, 1.165) is 0 Å². The molecule has 0 aliphatic carbocycles. The first-order chi connectivity index (χ1) is 7.36. The van der Waals surface area contributed by atoms with Gasteiger partial charge in [0.1, 0.15) is 0 Å². The van der Waals surface area contributed by atoms with Gasteiger partial charge < -0.3 is 5.32 Å². The summed E-state index contributed by atoms with van der Waals surface area (Å²) < 4.78 is 14.8. The van der Waals surface area contributed by atoms with Crippen LogP contribution in [0.5, 0.6) is 0 Å². The van der Waals surface area contributed by atoms with Crippen LogP contribution in [0.25, 0.3) is 0 Å². The predicted octanol–water partition coefficient (Wildman–Crippen LogP) is 0.924. The molecule has 2 rings (SSSR count). The van der Waals surface area contributed by atoms with Gasteiger partial charge in [0, 0.05) is 18.9 Å². The van der Waals surface area contributed by atoms with Gasteiger partial charge in [0.25, 0.3) is 0 Å². The zero-order chi connectivity index (χ0) is 10.5. The Hall–Kier alpha value is -1.98. The third kappa shape index (κ3) is 2.49. The molecule has 0 aromatic carbocycles. The van der Waals surface area contributed by atoms with Crippen LogP contribution >= 0.6 is 0 Å². The summed E-state index contributed by atoms with van der Waals surface area (Å²) in [6.07, 6.45) is 4.89. The van der Waals surface area contributed by atoms with E-state index >= 15 is 0 Å². The van der Waals surface area contributed by atoms with Crippen molar-refractivity contribution in [2.45, 2.75) is 6.54 Å². The molecule has 0 amide bonds. The number of anilines is 1. The minimum absolute atomic E-state index is 0.262. The smallest absolute Gasteiger partial charge is 0.165 e. The second-order valence-corrected chi connectivity index (χ2v) is 2.93. The number of nitrogens with one attached hydrogen (secondary N) is 1. The zero-order valence-corrected chi connectivity index (χ0v) is 7.97. The lowest BCUT2D eigenvalue weighted by molar-refractivity contribution is 0.598. The Labute approximate surface area is 85.9 Å². The van der Waals surface area contributed by atoms with Gasteiger partial charge in [0.05, 0.1) is 12.7 Å². The second-order valence-electron chi connectivity index (χ2n) is 2.93. The quantitative estimate of drug-likeness (QED) is 0.810. The first-order valence-electron chi connectivity index (χ1n) is 4.55. The fourth-order valence-electron chi connectivity index (χ4n) is 1.16. The monoisotopic (exact) mass is 207 g/mol. The summed E-state index contributed by atoms with van der Waals surface area (Å²) in [4.78, 5) is 3.87. The molecule has 5 nitrogen and oxygen atoms in total. The van der Waals surface area contributed by atoms with Crippen molar-refractivity contribution in [3.05, 3.63) is 36.5 Å². The van der Waals surface area contributed by atoms with Crippen molar-refractivity contribution in [1.29, 1.82) is 0 Å². The Morgan fingerprint density at radius 3 is 3.07 bits per heavy atom. The van der Waals surface area contributed by atoms with E-state index in [1.54, 1.807) is 29.3 Å². The van der Waals surface area contributed by atoms with Crippen molar-refractivity contribution in [2.24, 2.45) is 0 Å². The minimum Gasteiger partial charge on any atom is -0.366 e. The molecule has 2 heterocycles. The molecule has 0 saturated heterocycles. The highest BCUT2D eigenvalue weighted by atomic mass is 19.1. The molecule has 15 heavy (non-hydrogen) atoms. The Balaban J connectivity index is 1.86. The summed E-state index contributed by atoms with van der Waals surface area (Å²) in [5.74, 6) is -0.0892.